The molecule has 0 N–H and O–H groups in total. The minimum absolute atomic E-state index is 0.123. The second kappa shape index (κ2) is 8.86. The van der Waals surface area contributed by atoms with Crippen LogP contribution in [0.25, 0.3) is 5.65 Å². The van der Waals surface area contributed by atoms with Crippen molar-refractivity contribution in [2.45, 2.75) is 6.61 Å². The molecule has 0 fully saturated rings. The van der Waals surface area contributed by atoms with Crippen molar-refractivity contribution in [3.8, 4) is 23.7 Å². The second-order valence-electron chi connectivity index (χ2n) is 6.55. The lowest BCUT2D eigenvalue weighted by atomic mass is 10.1. The van der Waals surface area contributed by atoms with Crippen molar-refractivity contribution in [2.24, 2.45) is 0 Å². The van der Waals surface area contributed by atoms with Crippen molar-refractivity contribution < 1.29 is 14.3 Å². The van der Waals surface area contributed by atoms with Gasteiger partial charge in [-0.2, -0.15) is 5.26 Å². The lowest BCUT2D eigenvalue weighted by Gasteiger charge is -2.09. The molecule has 0 atom stereocenters. The molecule has 2 aromatic carbocycles. The van der Waals surface area contributed by atoms with Gasteiger partial charge in [0.2, 0.25) is 0 Å². The summed E-state index contributed by atoms with van der Waals surface area (Å²) >= 11 is 0. The van der Waals surface area contributed by atoms with Crippen LogP contribution in [0.5, 0.6) is 5.75 Å². The zero-order chi connectivity index (χ0) is 21.6. The molecule has 0 unspecified atom stereocenters. The van der Waals surface area contributed by atoms with Gasteiger partial charge < -0.3 is 9.47 Å². The van der Waals surface area contributed by atoms with Crippen molar-refractivity contribution in [3.63, 3.8) is 0 Å². The number of benzene rings is 2. The van der Waals surface area contributed by atoms with Gasteiger partial charge in [0.25, 0.3) is 0 Å². The van der Waals surface area contributed by atoms with Crippen LogP contribution in [0.15, 0.2) is 72.9 Å². The molecule has 0 saturated carbocycles. The number of hydrogen-bond donors (Lipinski definition) is 0. The zero-order valence-corrected chi connectivity index (χ0v) is 16.7. The van der Waals surface area contributed by atoms with Crippen LogP contribution in [0.4, 0.5) is 0 Å². The number of fused-ring (bicyclic) bond motifs is 1. The summed E-state index contributed by atoms with van der Waals surface area (Å²) in [5.74, 6) is 6.20. The van der Waals surface area contributed by atoms with E-state index >= 15 is 0 Å². The maximum atomic E-state index is 12.0. The molecule has 0 bridgehead atoms. The minimum Gasteiger partial charge on any atom is -0.486 e. The summed E-state index contributed by atoms with van der Waals surface area (Å²) in [6.07, 6.45) is 1.88. The van der Waals surface area contributed by atoms with Gasteiger partial charge in [-0.3, -0.25) is 4.40 Å². The van der Waals surface area contributed by atoms with Crippen molar-refractivity contribution in [1.29, 1.82) is 5.26 Å². The first-order chi connectivity index (χ1) is 15.2. The number of carbonyl (C=O) groups is 1. The average molecular weight is 407 g/mol. The molecule has 0 saturated heterocycles. The lowest BCUT2D eigenvalue weighted by molar-refractivity contribution is 0.0595. The third-order valence-electron chi connectivity index (χ3n) is 4.58. The van der Waals surface area contributed by atoms with E-state index in [1.807, 2.05) is 34.9 Å². The first kappa shape index (κ1) is 19.8. The highest BCUT2D eigenvalue weighted by molar-refractivity contribution is 5.92. The van der Waals surface area contributed by atoms with Gasteiger partial charge in [0.15, 0.2) is 0 Å². The summed E-state index contributed by atoms with van der Waals surface area (Å²) in [6, 6.07) is 21.8. The Morgan fingerprint density at radius 3 is 2.68 bits per heavy atom. The number of rotatable bonds is 4. The van der Waals surface area contributed by atoms with E-state index in [1.165, 1.54) is 7.11 Å². The Morgan fingerprint density at radius 1 is 1.03 bits per heavy atom. The van der Waals surface area contributed by atoms with E-state index in [9.17, 15) is 4.79 Å². The van der Waals surface area contributed by atoms with Gasteiger partial charge >= 0.3 is 5.97 Å². The number of carbonyl (C=O) groups excluding carboxylic acids is 1. The summed E-state index contributed by atoms with van der Waals surface area (Å²) in [5, 5.41) is 9.10. The summed E-state index contributed by atoms with van der Waals surface area (Å²) < 4.78 is 12.6. The third-order valence-corrected chi connectivity index (χ3v) is 4.58. The van der Waals surface area contributed by atoms with Crippen LogP contribution in [0.1, 0.15) is 32.9 Å². The molecule has 2 aromatic heterocycles. The lowest BCUT2D eigenvalue weighted by Crippen LogP contribution is -2.06. The molecule has 4 rings (SSSR count). The average Bonchev–Trinajstić information content (AvgIpc) is 3.18. The molecule has 150 valence electrons. The predicted molar refractivity (Wildman–Crippen MR) is 114 cm³/mol. The Labute approximate surface area is 179 Å². The Bertz CT molecular complexity index is 1370. The monoisotopic (exact) mass is 407 g/mol. The van der Waals surface area contributed by atoms with Gasteiger partial charge in [0.05, 0.1) is 18.7 Å². The molecule has 0 aliphatic rings. The molecule has 6 heteroatoms. The summed E-state index contributed by atoms with van der Waals surface area (Å²) in [5.41, 5.74) is 3.66. The number of esters is 1. The first-order valence-corrected chi connectivity index (χ1v) is 9.48. The number of methoxy groups -OCH3 is 1. The van der Waals surface area contributed by atoms with E-state index in [0.29, 0.717) is 28.3 Å². The Morgan fingerprint density at radius 2 is 1.84 bits per heavy atom. The maximum absolute atomic E-state index is 12.0. The number of nitriles is 1. The molecule has 31 heavy (non-hydrogen) atoms. The molecular formula is C25H17N3O3. The number of para-hydroxylation sites is 1. The van der Waals surface area contributed by atoms with Crippen LogP contribution < -0.4 is 4.74 Å². The predicted octanol–water partition coefficient (Wildman–Crippen LogP) is 3.97. The molecule has 0 aliphatic heterocycles. The van der Waals surface area contributed by atoms with Crippen molar-refractivity contribution in [2.75, 3.05) is 7.11 Å². The fraction of sp³-hybridized carbons (Fsp3) is 0.0800. The van der Waals surface area contributed by atoms with E-state index in [4.69, 9.17) is 14.7 Å². The quantitative estimate of drug-likeness (QED) is 0.378. The van der Waals surface area contributed by atoms with Crippen molar-refractivity contribution >= 4 is 11.6 Å². The molecule has 0 radical (unpaired) electrons. The fourth-order valence-corrected chi connectivity index (χ4v) is 3.09. The number of hydrogen-bond acceptors (Lipinski definition) is 5. The number of aromatic nitrogens is 2. The Kier molecular flexibility index (Phi) is 5.64. The van der Waals surface area contributed by atoms with Crippen LogP contribution >= 0.6 is 0 Å². The molecule has 0 amide bonds. The standard InChI is InChI=1S/C25H17N3O3/c1-30-25(29)20-9-2-3-10-23(20)31-17-21-22(28-14-5-4-11-24(28)27-21)13-12-18-7-6-8-19(15-18)16-26/h2-11,14-15H,17H2,1H3. The Balaban J connectivity index is 1.69. The van der Waals surface area contributed by atoms with Crippen LogP contribution in [-0.4, -0.2) is 22.5 Å². The number of nitrogens with zero attached hydrogens (tertiary/aromatic N) is 3. The fourth-order valence-electron chi connectivity index (χ4n) is 3.09. The van der Waals surface area contributed by atoms with Gasteiger partial charge in [-0.25, -0.2) is 9.78 Å². The molecule has 2 heterocycles. The van der Waals surface area contributed by atoms with E-state index in [0.717, 1.165) is 11.2 Å². The smallest absolute Gasteiger partial charge is 0.341 e. The maximum Gasteiger partial charge on any atom is 0.341 e. The van der Waals surface area contributed by atoms with Crippen LogP contribution in [0.3, 0.4) is 0 Å². The van der Waals surface area contributed by atoms with Crippen LogP contribution in [0.2, 0.25) is 0 Å². The van der Waals surface area contributed by atoms with Crippen LogP contribution in [0, 0.1) is 23.2 Å². The van der Waals surface area contributed by atoms with Gasteiger partial charge in [-0.15, -0.1) is 0 Å². The number of imidazole rings is 1. The van der Waals surface area contributed by atoms with Gasteiger partial charge in [0.1, 0.15) is 35.0 Å². The minimum atomic E-state index is -0.469. The SMILES string of the molecule is COC(=O)c1ccccc1OCc1nc2ccccn2c1C#Cc1cccc(C#N)c1. The third kappa shape index (κ3) is 4.24. The highest BCUT2D eigenvalue weighted by Gasteiger charge is 2.15. The van der Waals surface area contributed by atoms with Crippen molar-refractivity contribution in [1.82, 2.24) is 9.38 Å². The normalized spacial score (nSPS) is 10.1. The van der Waals surface area contributed by atoms with E-state index in [1.54, 1.807) is 42.5 Å². The summed E-state index contributed by atoms with van der Waals surface area (Å²) in [7, 11) is 1.33. The molecule has 0 aliphatic carbocycles. The highest BCUT2D eigenvalue weighted by Crippen LogP contribution is 2.21. The van der Waals surface area contributed by atoms with Gasteiger partial charge in [-0.1, -0.05) is 30.2 Å². The topological polar surface area (TPSA) is 76.6 Å². The molecular weight excluding hydrogens is 390 g/mol. The summed E-state index contributed by atoms with van der Waals surface area (Å²) in [4.78, 5) is 16.6. The van der Waals surface area contributed by atoms with Crippen molar-refractivity contribution in [3.05, 3.63) is 101 Å². The molecule has 4 aromatic rings. The summed E-state index contributed by atoms with van der Waals surface area (Å²) in [6.45, 7) is 0.123. The van der Waals surface area contributed by atoms with E-state index in [2.05, 4.69) is 22.9 Å². The first-order valence-electron chi connectivity index (χ1n) is 9.48. The number of ether oxygens (including phenoxy) is 2. The highest BCUT2D eigenvalue weighted by atomic mass is 16.5. The number of pyridine rings is 1. The molecule has 0 spiro atoms. The van der Waals surface area contributed by atoms with E-state index in [-0.39, 0.29) is 6.61 Å². The Hall–Kier alpha value is -4.55. The molecule has 6 nitrogen and oxygen atoms in total. The van der Waals surface area contributed by atoms with E-state index < -0.39 is 5.97 Å². The van der Waals surface area contributed by atoms with Gasteiger partial charge in [-0.05, 0) is 48.4 Å². The van der Waals surface area contributed by atoms with Gasteiger partial charge in [0, 0.05) is 11.8 Å². The largest absolute Gasteiger partial charge is 0.486 e. The second-order valence-corrected chi connectivity index (χ2v) is 6.55. The van der Waals surface area contributed by atoms with Crippen LogP contribution in [-0.2, 0) is 11.3 Å². The zero-order valence-electron chi connectivity index (χ0n) is 16.7.